The van der Waals surface area contributed by atoms with E-state index in [1.807, 2.05) is 0 Å². The first-order chi connectivity index (χ1) is 16.4. The van der Waals surface area contributed by atoms with Crippen LogP contribution in [-0.2, 0) is 4.79 Å². The molecule has 12 heteroatoms. The number of hydrogen-bond acceptors (Lipinski definition) is 5. The lowest BCUT2D eigenvalue weighted by molar-refractivity contribution is -0.153. The Hall–Kier alpha value is -3.75. The number of nitrogens with two attached hydrogens (primary N) is 2. The molecule has 2 amide bonds. The molecule has 8 nitrogen and oxygen atoms in total. The fourth-order valence-corrected chi connectivity index (χ4v) is 4.83. The molecule has 0 atom stereocenters. The van der Waals surface area contributed by atoms with E-state index in [0.717, 1.165) is 18.6 Å². The molecule has 4 rings (SSSR count). The lowest BCUT2D eigenvalue weighted by Crippen LogP contribution is -2.42. The number of likely N-dealkylation sites (tertiary alicyclic amines) is 1. The van der Waals surface area contributed by atoms with Gasteiger partial charge >= 0.3 is 6.18 Å². The van der Waals surface area contributed by atoms with Crippen LogP contribution in [-0.4, -0.2) is 52.4 Å². The summed E-state index contributed by atoms with van der Waals surface area (Å²) < 4.78 is 57.6. The van der Waals surface area contributed by atoms with Crippen LogP contribution in [0.4, 0.5) is 23.4 Å². The standard InChI is InChI=1S/C23H23F4N5O3/c1-2-3-17(33)31-7-6-22(11-31)9-14(10-22)32-20(28)18(21(29)34)19(30-32)13-4-5-15(24)16(8-13)35-12-23(25,26)27/h4-5,8,14H,6-7,9-12,28H2,1H3,(H2,29,34)/t14-,22-. The van der Waals surface area contributed by atoms with E-state index in [0.29, 0.717) is 25.9 Å². The quantitative estimate of drug-likeness (QED) is 0.491. The number of nitrogens with zero attached hydrogens (tertiary/aromatic N) is 3. The van der Waals surface area contributed by atoms with E-state index in [-0.39, 0.29) is 40.0 Å². The molecule has 2 fully saturated rings. The first-order valence-corrected chi connectivity index (χ1v) is 10.8. The van der Waals surface area contributed by atoms with Gasteiger partial charge in [0.2, 0.25) is 0 Å². The average molecular weight is 493 g/mol. The fraction of sp³-hybridized carbons (Fsp3) is 0.435. The van der Waals surface area contributed by atoms with Crippen molar-refractivity contribution in [2.24, 2.45) is 11.1 Å². The summed E-state index contributed by atoms with van der Waals surface area (Å²) in [5, 5.41) is 4.43. The molecule has 1 saturated heterocycles. The molecule has 1 saturated carbocycles. The lowest BCUT2D eigenvalue weighted by Gasteiger charge is -2.45. The van der Waals surface area contributed by atoms with Gasteiger partial charge in [-0.3, -0.25) is 9.59 Å². The third-order valence-corrected chi connectivity index (χ3v) is 6.43. The molecule has 1 spiro atoms. The van der Waals surface area contributed by atoms with Crippen molar-refractivity contribution >= 4 is 17.6 Å². The van der Waals surface area contributed by atoms with Crippen LogP contribution in [0.1, 0.15) is 42.6 Å². The van der Waals surface area contributed by atoms with Crippen LogP contribution in [0.15, 0.2) is 18.2 Å². The zero-order valence-corrected chi connectivity index (χ0v) is 18.8. The van der Waals surface area contributed by atoms with Gasteiger partial charge in [0.25, 0.3) is 11.8 Å². The molecular formula is C23H23F4N5O3. The number of amides is 2. The summed E-state index contributed by atoms with van der Waals surface area (Å²) in [4.78, 5) is 26.0. The van der Waals surface area contributed by atoms with Gasteiger partial charge in [-0.15, -0.1) is 0 Å². The predicted octanol–water partition coefficient (Wildman–Crippen LogP) is 2.89. The van der Waals surface area contributed by atoms with Crippen molar-refractivity contribution in [1.82, 2.24) is 14.7 Å². The normalized spacial score (nSPS) is 21.4. The van der Waals surface area contributed by atoms with Gasteiger partial charge in [-0.05, 0) is 55.7 Å². The Morgan fingerprint density at radius 1 is 1.31 bits per heavy atom. The summed E-state index contributed by atoms with van der Waals surface area (Å²) in [5.41, 5.74) is 11.7. The topological polar surface area (TPSA) is 116 Å². The number of ether oxygens (including phenoxy) is 1. The molecule has 2 aliphatic rings. The second kappa shape index (κ2) is 8.79. The second-order valence-electron chi connectivity index (χ2n) is 8.88. The number of benzene rings is 1. The molecule has 4 N–H and O–H groups in total. The molecule has 1 aromatic carbocycles. The molecule has 1 aliphatic carbocycles. The highest BCUT2D eigenvalue weighted by Crippen LogP contribution is 2.54. The number of aromatic nitrogens is 2. The summed E-state index contributed by atoms with van der Waals surface area (Å²) in [6, 6.07) is 3.03. The summed E-state index contributed by atoms with van der Waals surface area (Å²) in [5.74, 6) is 2.42. The zero-order chi connectivity index (χ0) is 25.5. The van der Waals surface area contributed by atoms with Crippen molar-refractivity contribution < 1.29 is 31.9 Å². The molecule has 2 heterocycles. The molecule has 1 aromatic heterocycles. The SMILES string of the molecule is CC#CC(=O)N1CC[C@]2(C1)C[C@H](n1nc(-c3ccc(F)c(OCC(F)(F)F)c3)c(C(N)=O)c1N)C2. The smallest absolute Gasteiger partial charge is 0.422 e. The van der Waals surface area contributed by atoms with Crippen LogP contribution in [0, 0.1) is 23.1 Å². The molecule has 0 radical (unpaired) electrons. The van der Waals surface area contributed by atoms with Gasteiger partial charge in [-0.1, -0.05) is 5.92 Å². The fourth-order valence-electron chi connectivity index (χ4n) is 4.83. The van der Waals surface area contributed by atoms with Crippen LogP contribution < -0.4 is 16.2 Å². The predicted molar refractivity (Wildman–Crippen MR) is 117 cm³/mol. The van der Waals surface area contributed by atoms with E-state index in [9.17, 15) is 27.2 Å². The summed E-state index contributed by atoms with van der Waals surface area (Å²) in [6.07, 6.45) is -2.54. The van der Waals surface area contributed by atoms with Gasteiger partial charge in [0, 0.05) is 18.7 Å². The zero-order valence-electron chi connectivity index (χ0n) is 18.8. The number of hydrogen-bond donors (Lipinski definition) is 2. The first kappa shape index (κ1) is 24.4. The summed E-state index contributed by atoms with van der Waals surface area (Å²) >= 11 is 0. The van der Waals surface area contributed by atoms with Gasteiger partial charge in [0.15, 0.2) is 18.2 Å². The Balaban J connectivity index is 1.58. The van der Waals surface area contributed by atoms with Gasteiger partial charge in [0.05, 0.1) is 6.04 Å². The third-order valence-electron chi connectivity index (χ3n) is 6.43. The van der Waals surface area contributed by atoms with E-state index < -0.39 is 30.3 Å². The first-order valence-electron chi connectivity index (χ1n) is 10.8. The molecule has 2 aromatic rings. The van der Waals surface area contributed by atoms with E-state index >= 15 is 0 Å². The number of anilines is 1. The van der Waals surface area contributed by atoms with Crippen molar-refractivity contribution in [2.45, 2.75) is 38.4 Å². The van der Waals surface area contributed by atoms with Gasteiger partial charge in [0.1, 0.15) is 17.1 Å². The Bertz CT molecular complexity index is 1240. The van der Waals surface area contributed by atoms with E-state index in [1.54, 1.807) is 11.8 Å². The average Bonchev–Trinajstić information content (AvgIpc) is 3.34. The highest BCUT2D eigenvalue weighted by molar-refractivity contribution is 6.03. The van der Waals surface area contributed by atoms with Crippen molar-refractivity contribution in [2.75, 3.05) is 25.4 Å². The number of alkyl halides is 3. The number of carbonyl (C=O) groups excluding carboxylic acids is 2. The molecule has 0 unspecified atom stereocenters. The van der Waals surface area contributed by atoms with Crippen molar-refractivity contribution in [3.05, 3.63) is 29.6 Å². The number of rotatable bonds is 5. The second-order valence-corrected chi connectivity index (χ2v) is 8.88. The van der Waals surface area contributed by atoms with Crippen LogP contribution in [0.25, 0.3) is 11.3 Å². The number of primary amides is 1. The summed E-state index contributed by atoms with van der Waals surface area (Å²) in [7, 11) is 0. The number of nitrogen functional groups attached to an aromatic ring is 1. The molecule has 0 bridgehead atoms. The maximum Gasteiger partial charge on any atom is 0.422 e. The van der Waals surface area contributed by atoms with E-state index in [2.05, 4.69) is 21.7 Å². The minimum absolute atomic E-state index is 0.0113. The van der Waals surface area contributed by atoms with E-state index in [1.165, 1.54) is 10.7 Å². The Morgan fingerprint density at radius 2 is 2.03 bits per heavy atom. The molecule has 186 valence electrons. The third kappa shape index (κ3) is 4.76. The molecule has 35 heavy (non-hydrogen) atoms. The van der Waals surface area contributed by atoms with Gasteiger partial charge < -0.3 is 21.1 Å². The molecule has 1 aliphatic heterocycles. The largest absolute Gasteiger partial charge is 0.481 e. The van der Waals surface area contributed by atoms with Crippen LogP contribution in [0.3, 0.4) is 0 Å². The molecular weight excluding hydrogens is 470 g/mol. The Kier molecular flexibility index (Phi) is 6.12. The maximum absolute atomic E-state index is 14.0. The van der Waals surface area contributed by atoms with Crippen molar-refractivity contribution in [3.63, 3.8) is 0 Å². The van der Waals surface area contributed by atoms with Gasteiger partial charge in [-0.2, -0.15) is 18.3 Å². The van der Waals surface area contributed by atoms with E-state index in [4.69, 9.17) is 11.5 Å². The maximum atomic E-state index is 14.0. The van der Waals surface area contributed by atoms with Crippen molar-refractivity contribution in [1.29, 1.82) is 0 Å². The highest BCUT2D eigenvalue weighted by atomic mass is 19.4. The minimum Gasteiger partial charge on any atom is -0.481 e. The van der Waals surface area contributed by atoms with Crippen molar-refractivity contribution in [3.8, 4) is 28.8 Å². The highest BCUT2D eigenvalue weighted by Gasteiger charge is 2.51. The number of halogens is 4. The number of carbonyl (C=O) groups is 2. The lowest BCUT2D eigenvalue weighted by atomic mass is 9.65. The minimum atomic E-state index is -4.66. The monoisotopic (exact) mass is 493 g/mol. The Morgan fingerprint density at radius 3 is 2.66 bits per heavy atom. The summed E-state index contributed by atoms with van der Waals surface area (Å²) in [6.45, 7) is 1.08. The Labute approximate surface area is 198 Å². The van der Waals surface area contributed by atoms with Crippen LogP contribution >= 0.6 is 0 Å². The van der Waals surface area contributed by atoms with Gasteiger partial charge in [-0.25, -0.2) is 9.07 Å². The van der Waals surface area contributed by atoms with Crippen LogP contribution in [0.5, 0.6) is 5.75 Å². The van der Waals surface area contributed by atoms with Crippen LogP contribution in [0.2, 0.25) is 0 Å².